The van der Waals surface area contributed by atoms with Gasteiger partial charge in [0.1, 0.15) is 0 Å². The predicted octanol–water partition coefficient (Wildman–Crippen LogP) is 2.31. The molecule has 0 amide bonds. The molecule has 0 spiro atoms. The summed E-state index contributed by atoms with van der Waals surface area (Å²) in [6.07, 6.45) is 2.35. The first kappa shape index (κ1) is 10.5. The molecule has 2 nitrogen and oxygen atoms in total. The van der Waals surface area contributed by atoms with Crippen LogP contribution in [0.3, 0.4) is 0 Å². The summed E-state index contributed by atoms with van der Waals surface area (Å²) >= 11 is 0. The maximum absolute atomic E-state index is 6.16. The Morgan fingerprint density at radius 2 is 2.13 bits per heavy atom. The molecule has 82 valence electrons. The van der Waals surface area contributed by atoms with Crippen LogP contribution in [-0.2, 0) is 0 Å². The topological polar surface area (TPSA) is 29.3 Å². The molecule has 1 aromatic carbocycles. The van der Waals surface area contributed by atoms with Crippen molar-refractivity contribution < 1.29 is 0 Å². The first-order valence-electron chi connectivity index (χ1n) is 5.73. The van der Waals surface area contributed by atoms with Gasteiger partial charge in [-0.05, 0) is 44.4 Å². The van der Waals surface area contributed by atoms with Gasteiger partial charge in [0.2, 0.25) is 0 Å². The van der Waals surface area contributed by atoms with Crippen LogP contribution in [0.25, 0.3) is 0 Å². The molecule has 0 heterocycles. The molecule has 15 heavy (non-hydrogen) atoms. The molecule has 0 bridgehead atoms. The Hall–Kier alpha value is -1.02. The number of benzene rings is 1. The average molecular weight is 204 g/mol. The quantitative estimate of drug-likeness (QED) is 0.815. The summed E-state index contributed by atoms with van der Waals surface area (Å²) in [5, 5.41) is 0. The number of nitrogens with zero attached hydrogens (tertiary/aromatic N) is 1. The number of rotatable bonds is 4. The Balaban J connectivity index is 2.11. The molecule has 0 radical (unpaired) electrons. The lowest BCUT2D eigenvalue weighted by atomic mass is 10.2. The summed E-state index contributed by atoms with van der Waals surface area (Å²) in [5.74, 6) is 0. The van der Waals surface area contributed by atoms with Crippen LogP contribution in [-0.4, -0.2) is 18.6 Å². The van der Waals surface area contributed by atoms with Crippen LogP contribution < -0.4 is 10.6 Å². The summed E-state index contributed by atoms with van der Waals surface area (Å²) in [5.41, 5.74) is 8.87. The van der Waals surface area contributed by atoms with Gasteiger partial charge in [0.05, 0.1) is 0 Å². The first-order valence-corrected chi connectivity index (χ1v) is 5.73. The highest BCUT2D eigenvalue weighted by Crippen LogP contribution is 2.34. The molecule has 2 rings (SSSR count). The molecule has 0 saturated heterocycles. The third-order valence-electron chi connectivity index (χ3n) is 3.15. The van der Waals surface area contributed by atoms with Gasteiger partial charge in [-0.3, -0.25) is 0 Å². The lowest BCUT2D eigenvalue weighted by Crippen LogP contribution is -2.39. The van der Waals surface area contributed by atoms with Crippen LogP contribution in [0.4, 0.5) is 5.69 Å². The highest BCUT2D eigenvalue weighted by molar-refractivity contribution is 5.49. The summed E-state index contributed by atoms with van der Waals surface area (Å²) in [4.78, 5) is 2.38. The van der Waals surface area contributed by atoms with Crippen LogP contribution in [0.1, 0.15) is 25.3 Å². The van der Waals surface area contributed by atoms with Crippen LogP contribution in [0, 0.1) is 6.92 Å². The van der Waals surface area contributed by atoms with Crippen LogP contribution in [0.15, 0.2) is 24.3 Å². The zero-order valence-corrected chi connectivity index (χ0v) is 9.66. The summed E-state index contributed by atoms with van der Waals surface area (Å²) in [6.45, 7) is 6.34. The lowest BCUT2D eigenvalue weighted by molar-refractivity contribution is 0.639. The number of likely N-dealkylation sites (N-methyl/N-ethyl adjacent to an activating group) is 1. The van der Waals surface area contributed by atoms with Crippen molar-refractivity contribution in [3.05, 3.63) is 29.8 Å². The van der Waals surface area contributed by atoms with Crippen molar-refractivity contribution in [2.24, 2.45) is 5.73 Å². The normalized spacial score (nSPS) is 17.5. The van der Waals surface area contributed by atoms with E-state index in [1.54, 1.807) is 0 Å². The van der Waals surface area contributed by atoms with Gasteiger partial charge in [0.15, 0.2) is 0 Å². The van der Waals surface area contributed by atoms with E-state index in [1.165, 1.54) is 24.1 Å². The first-order chi connectivity index (χ1) is 7.13. The second-order valence-corrected chi connectivity index (χ2v) is 4.72. The van der Waals surface area contributed by atoms with Gasteiger partial charge in [-0.15, -0.1) is 0 Å². The average Bonchev–Trinajstić information content (AvgIpc) is 2.93. The van der Waals surface area contributed by atoms with Crippen molar-refractivity contribution in [3.63, 3.8) is 0 Å². The van der Waals surface area contributed by atoms with Crippen molar-refractivity contribution in [2.45, 2.75) is 32.2 Å². The number of aryl methyl sites for hydroxylation is 1. The molecule has 1 aliphatic carbocycles. The van der Waals surface area contributed by atoms with Crippen molar-refractivity contribution >= 4 is 5.69 Å². The van der Waals surface area contributed by atoms with Gasteiger partial charge in [0.25, 0.3) is 0 Å². The maximum Gasteiger partial charge on any atom is 0.0369 e. The Labute approximate surface area is 92.1 Å². The van der Waals surface area contributed by atoms with E-state index >= 15 is 0 Å². The van der Waals surface area contributed by atoms with E-state index < -0.39 is 0 Å². The van der Waals surface area contributed by atoms with Gasteiger partial charge in [-0.1, -0.05) is 12.1 Å². The largest absolute Gasteiger partial charge is 0.370 e. The minimum atomic E-state index is 0.0970. The van der Waals surface area contributed by atoms with Gasteiger partial charge >= 0.3 is 0 Å². The monoisotopic (exact) mass is 204 g/mol. The molecular weight excluding hydrogens is 184 g/mol. The summed E-state index contributed by atoms with van der Waals surface area (Å²) in [6, 6.07) is 8.65. The fourth-order valence-electron chi connectivity index (χ4n) is 1.91. The minimum absolute atomic E-state index is 0.0970. The van der Waals surface area contributed by atoms with E-state index in [0.717, 1.165) is 13.1 Å². The Kier molecular flexibility index (Phi) is 2.70. The molecule has 0 unspecified atom stereocenters. The van der Waals surface area contributed by atoms with E-state index in [9.17, 15) is 0 Å². The number of hydrogen-bond acceptors (Lipinski definition) is 2. The number of hydrogen-bond donors (Lipinski definition) is 1. The van der Waals surface area contributed by atoms with Crippen molar-refractivity contribution in [2.75, 3.05) is 18.0 Å². The Bertz CT molecular complexity index is 342. The second kappa shape index (κ2) is 3.86. The predicted molar refractivity (Wildman–Crippen MR) is 65.2 cm³/mol. The highest BCUT2D eigenvalue weighted by Gasteiger charge is 2.39. The maximum atomic E-state index is 6.16. The standard InChI is InChI=1S/C13H20N2/c1-3-15(10-13(14)7-8-13)12-6-4-5-11(2)9-12/h4-6,9H,3,7-8,10,14H2,1-2H3. The number of anilines is 1. The third kappa shape index (κ3) is 2.51. The van der Waals surface area contributed by atoms with Gasteiger partial charge < -0.3 is 10.6 Å². The van der Waals surface area contributed by atoms with E-state index in [4.69, 9.17) is 5.73 Å². The van der Waals surface area contributed by atoms with Crippen molar-refractivity contribution in [1.29, 1.82) is 0 Å². The smallest absolute Gasteiger partial charge is 0.0369 e. The molecule has 0 aliphatic heterocycles. The van der Waals surface area contributed by atoms with Gasteiger partial charge in [-0.2, -0.15) is 0 Å². The number of nitrogens with two attached hydrogens (primary N) is 1. The molecule has 1 fully saturated rings. The fraction of sp³-hybridized carbons (Fsp3) is 0.538. The van der Waals surface area contributed by atoms with E-state index in [-0.39, 0.29) is 5.54 Å². The molecule has 0 aromatic heterocycles. The molecule has 2 N–H and O–H groups in total. The fourth-order valence-corrected chi connectivity index (χ4v) is 1.91. The summed E-state index contributed by atoms with van der Waals surface area (Å²) < 4.78 is 0. The van der Waals surface area contributed by atoms with Crippen LogP contribution in [0.2, 0.25) is 0 Å². The Morgan fingerprint density at radius 1 is 1.40 bits per heavy atom. The van der Waals surface area contributed by atoms with Crippen LogP contribution >= 0.6 is 0 Å². The lowest BCUT2D eigenvalue weighted by Gasteiger charge is -2.26. The second-order valence-electron chi connectivity index (χ2n) is 4.72. The molecule has 1 aliphatic rings. The van der Waals surface area contributed by atoms with Crippen LogP contribution in [0.5, 0.6) is 0 Å². The van der Waals surface area contributed by atoms with E-state index in [1.807, 2.05) is 0 Å². The summed E-state index contributed by atoms with van der Waals surface area (Å²) in [7, 11) is 0. The minimum Gasteiger partial charge on any atom is -0.370 e. The third-order valence-corrected chi connectivity index (χ3v) is 3.15. The Morgan fingerprint density at radius 3 is 2.67 bits per heavy atom. The van der Waals surface area contributed by atoms with Crippen molar-refractivity contribution in [3.8, 4) is 0 Å². The van der Waals surface area contributed by atoms with Gasteiger partial charge in [-0.25, -0.2) is 0 Å². The molecule has 1 saturated carbocycles. The van der Waals surface area contributed by atoms with E-state index in [2.05, 4.69) is 43.0 Å². The molecular formula is C13H20N2. The zero-order chi connectivity index (χ0) is 10.9. The zero-order valence-electron chi connectivity index (χ0n) is 9.66. The molecule has 2 heteroatoms. The molecule has 1 aromatic rings. The SMILES string of the molecule is CCN(CC1(N)CC1)c1cccc(C)c1. The van der Waals surface area contributed by atoms with E-state index in [0.29, 0.717) is 0 Å². The highest BCUT2D eigenvalue weighted by atomic mass is 15.2. The van der Waals surface area contributed by atoms with Crippen molar-refractivity contribution in [1.82, 2.24) is 0 Å². The van der Waals surface area contributed by atoms with Gasteiger partial charge in [0, 0.05) is 24.3 Å². The molecule has 0 atom stereocenters.